The highest BCUT2D eigenvalue weighted by molar-refractivity contribution is 7.74. The van der Waals surface area contributed by atoms with Crippen molar-refractivity contribution < 1.29 is 32.7 Å². The van der Waals surface area contributed by atoms with E-state index in [0.717, 1.165) is 11.3 Å². The topological polar surface area (TPSA) is 107 Å². The molecule has 0 unspecified atom stereocenters. The lowest BCUT2D eigenvalue weighted by atomic mass is 10.1. The summed E-state index contributed by atoms with van der Waals surface area (Å²) in [6.07, 6.45) is 0.433. The van der Waals surface area contributed by atoms with Crippen LogP contribution in [0.2, 0.25) is 0 Å². The number of ether oxygens (including phenoxy) is 2. The van der Waals surface area contributed by atoms with Gasteiger partial charge < -0.3 is 24.1 Å². The molecule has 9 heteroatoms. The van der Waals surface area contributed by atoms with Gasteiger partial charge in [-0.3, -0.25) is 0 Å². The predicted molar refractivity (Wildman–Crippen MR) is 87.1 cm³/mol. The number of methoxy groups -OCH3 is 1. The molecule has 0 aromatic heterocycles. The van der Waals surface area contributed by atoms with Crippen molar-refractivity contribution in [3.8, 4) is 5.75 Å². The maximum absolute atomic E-state index is 12.4. The van der Waals surface area contributed by atoms with E-state index in [1.807, 2.05) is 12.1 Å². The van der Waals surface area contributed by atoms with Gasteiger partial charge in [-0.1, -0.05) is 12.1 Å². The van der Waals surface area contributed by atoms with E-state index in [2.05, 4.69) is 4.79 Å². The molecule has 0 N–H and O–H groups in total. The summed E-state index contributed by atoms with van der Waals surface area (Å²) in [5.41, 5.74) is 9.16. The quantitative estimate of drug-likeness (QED) is 0.210. The number of benzene rings is 1. The molecule has 0 aliphatic heterocycles. The van der Waals surface area contributed by atoms with E-state index in [0.29, 0.717) is 6.42 Å². The first-order valence-corrected chi connectivity index (χ1v) is 8.96. The monoisotopic (exact) mass is 356 g/mol. The highest BCUT2D eigenvalue weighted by Crippen LogP contribution is 2.49. The Balaban J connectivity index is 2.67. The summed E-state index contributed by atoms with van der Waals surface area (Å²) in [5.74, 6) is -0.323. The molecule has 24 heavy (non-hydrogen) atoms. The van der Waals surface area contributed by atoms with Crippen LogP contribution in [0.3, 0.4) is 0 Å². The van der Waals surface area contributed by atoms with Crippen LogP contribution in [-0.4, -0.2) is 43.1 Å². The lowest BCUT2D eigenvalue weighted by Crippen LogP contribution is -2.22. The second-order valence-corrected chi connectivity index (χ2v) is 6.43. The van der Waals surface area contributed by atoms with Gasteiger partial charge in [-0.2, -0.15) is 0 Å². The lowest BCUT2D eigenvalue weighted by molar-refractivity contribution is -0.139. The minimum absolute atomic E-state index is 0.0163. The Labute approximate surface area is 140 Å². The van der Waals surface area contributed by atoms with Crippen molar-refractivity contribution in [2.45, 2.75) is 20.3 Å². The molecule has 0 saturated heterocycles. The van der Waals surface area contributed by atoms with Crippen molar-refractivity contribution in [3.05, 3.63) is 35.4 Å². The maximum atomic E-state index is 12.4. The van der Waals surface area contributed by atoms with Gasteiger partial charge >= 0.3 is 19.0 Å². The van der Waals surface area contributed by atoms with Crippen LogP contribution in [0.25, 0.3) is 5.53 Å². The van der Waals surface area contributed by atoms with Gasteiger partial charge in [-0.05, 0) is 31.5 Å². The molecule has 0 radical (unpaired) electrons. The largest absolute Gasteiger partial charge is 0.497 e. The van der Waals surface area contributed by atoms with Crippen molar-refractivity contribution in [2.75, 3.05) is 26.9 Å². The molecule has 0 heterocycles. The third-order valence-corrected chi connectivity index (χ3v) is 4.90. The number of nitrogens with zero attached hydrogens (tertiary/aromatic N) is 2. The Kier molecular flexibility index (Phi) is 8.36. The van der Waals surface area contributed by atoms with Crippen molar-refractivity contribution in [1.82, 2.24) is 0 Å². The average molecular weight is 356 g/mol. The Hall–Kier alpha value is -1.98. The number of rotatable bonds is 10. The zero-order valence-corrected chi connectivity index (χ0v) is 14.8. The van der Waals surface area contributed by atoms with Gasteiger partial charge in [0.2, 0.25) is 0 Å². The van der Waals surface area contributed by atoms with Gasteiger partial charge in [0, 0.05) is 6.42 Å². The van der Waals surface area contributed by atoms with Crippen LogP contribution in [0.4, 0.5) is 0 Å². The first kappa shape index (κ1) is 20.1. The van der Waals surface area contributed by atoms with Crippen LogP contribution < -0.4 is 4.74 Å². The molecule has 1 aromatic rings. The molecule has 0 atom stereocenters. The van der Waals surface area contributed by atoms with Gasteiger partial charge in [-0.25, -0.2) is 9.36 Å². The molecule has 1 aromatic carbocycles. The molecule has 0 fully saturated rings. The average Bonchev–Trinajstić information content (AvgIpc) is 2.56. The fourth-order valence-electron chi connectivity index (χ4n) is 1.83. The summed E-state index contributed by atoms with van der Waals surface area (Å²) in [6, 6.07) is 7.24. The minimum atomic E-state index is -4.00. The lowest BCUT2D eigenvalue weighted by Gasteiger charge is -2.12. The van der Waals surface area contributed by atoms with Gasteiger partial charge in [0.25, 0.3) is 0 Å². The Morgan fingerprint density at radius 1 is 1.17 bits per heavy atom. The number of hydrogen-bond acceptors (Lipinski definition) is 6. The Morgan fingerprint density at radius 2 is 1.75 bits per heavy atom. The Morgan fingerprint density at radius 3 is 2.21 bits per heavy atom. The first-order chi connectivity index (χ1) is 11.5. The van der Waals surface area contributed by atoms with Gasteiger partial charge in [0.05, 0.1) is 26.9 Å². The number of carbonyl (C=O) groups is 1. The first-order valence-electron chi connectivity index (χ1n) is 7.42. The maximum Gasteiger partial charge on any atom is 0.484 e. The normalized spacial score (nSPS) is 10.8. The van der Waals surface area contributed by atoms with E-state index in [1.54, 1.807) is 33.1 Å². The van der Waals surface area contributed by atoms with Gasteiger partial charge in [-0.15, -0.1) is 4.79 Å². The summed E-state index contributed by atoms with van der Waals surface area (Å²) >= 11 is 0. The van der Waals surface area contributed by atoms with Crippen LogP contribution >= 0.6 is 7.60 Å². The number of carbonyl (C=O) groups excluding carboxylic acids is 1. The molecule has 0 spiro atoms. The standard InChI is InChI=1S/C15H21N2O6P/c1-4-22-24(19,23-5-2)14(17-16)15(18)21-11-10-12-6-8-13(20-3)9-7-12/h6-9H,4-5,10-11H2,1-3H3. The van der Waals surface area contributed by atoms with Crippen molar-refractivity contribution >= 4 is 19.0 Å². The van der Waals surface area contributed by atoms with Crippen molar-refractivity contribution in [1.29, 1.82) is 0 Å². The van der Waals surface area contributed by atoms with E-state index >= 15 is 0 Å². The highest BCUT2D eigenvalue weighted by atomic mass is 31.2. The third-order valence-electron chi connectivity index (χ3n) is 2.92. The summed E-state index contributed by atoms with van der Waals surface area (Å²) in [6.45, 7) is 3.22. The second kappa shape index (κ2) is 10.0. The molecule has 132 valence electrons. The minimum Gasteiger partial charge on any atom is -0.497 e. The van der Waals surface area contributed by atoms with Crippen molar-refractivity contribution in [3.63, 3.8) is 0 Å². The molecular weight excluding hydrogens is 335 g/mol. The summed E-state index contributed by atoms with van der Waals surface area (Å²) in [4.78, 5) is 14.8. The molecule has 8 nitrogen and oxygen atoms in total. The van der Waals surface area contributed by atoms with Crippen LogP contribution in [-0.2, 0) is 29.6 Å². The number of hydrogen-bond donors (Lipinski definition) is 0. The molecule has 0 aliphatic rings. The molecule has 0 aliphatic carbocycles. The van der Waals surface area contributed by atoms with E-state index in [1.165, 1.54) is 0 Å². The fourth-order valence-corrected chi connectivity index (χ4v) is 3.22. The van der Waals surface area contributed by atoms with Crippen LogP contribution in [0.5, 0.6) is 5.75 Å². The van der Waals surface area contributed by atoms with Crippen LogP contribution in [0, 0.1) is 0 Å². The Bertz CT molecular complexity index is 630. The van der Waals surface area contributed by atoms with E-state index < -0.39 is 19.0 Å². The zero-order valence-electron chi connectivity index (χ0n) is 13.9. The summed E-state index contributed by atoms with van der Waals surface area (Å²) < 4.78 is 32.4. The van der Waals surface area contributed by atoms with Crippen LogP contribution in [0.1, 0.15) is 19.4 Å². The second-order valence-electron chi connectivity index (χ2n) is 4.49. The van der Waals surface area contributed by atoms with E-state index in [4.69, 9.17) is 24.1 Å². The summed E-state index contributed by atoms with van der Waals surface area (Å²) in [7, 11) is -2.43. The molecule has 0 amide bonds. The predicted octanol–water partition coefficient (Wildman–Crippen LogP) is 2.68. The van der Waals surface area contributed by atoms with Crippen LogP contribution in [0.15, 0.2) is 24.3 Å². The van der Waals surface area contributed by atoms with Crippen molar-refractivity contribution in [2.24, 2.45) is 0 Å². The van der Waals surface area contributed by atoms with Gasteiger partial charge in [0.15, 0.2) is 0 Å². The molecule has 0 saturated carbocycles. The molecule has 0 bridgehead atoms. The molecular formula is C15H21N2O6P. The fraction of sp³-hybridized carbons (Fsp3) is 0.467. The van der Waals surface area contributed by atoms with E-state index in [-0.39, 0.29) is 19.8 Å². The molecule has 1 rings (SSSR count). The third kappa shape index (κ3) is 5.58. The highest BCUT2D eigenvalue weighted by Gasteiger charge is 2.47. The SMILES string of the molecule is CCOP(=O)(OCC)C(=[N+]=[N-])C(=O)OCCc1ccc(OC)cc1. The number of esters is 1. The smallest absolute Gasteiger partial charge is 0.484 e. The van der Waals surface area contributed by atoms with E-state index in [9.17, 15) is 9.36 Å². The zero-order chi connectivity index (χ0) is 18.0. The van der Waals surface area contributed by atoms with Gasteiger partial charge in [0.1, 0.15) is 5.75 Å². The summed E-state index contributed by atoms with van der Waals surface area (Å²) in [5, 5.41) is 0.